The van der Waals surface area contributed by atoms with E-state index in [4.69, 9.17) is 0 Å². The van der Waals surface area contributed by atoms with E-state index in [-0.39, 0.29) is 23.8 Å². The zero-order valence-electron chi connectivity index (χ0n) is 19.4. The van der Waals surface area contributed by atoms with Crippen molar-refractivity contribution < 1.29 is 22.4 Å². The fourth-order valence-corrected chi connectivity index (χ4v) is 5.28. The number of hydrogen-bond acceptors (Lipinski definition) is 4. The van der Waals surface area contributed by atoms with Gasteiger partial charge in [-0.2, -0.15) is 0 Å². The summed E-state index contributed by atoms with van der Waals surface area (Å²) in [4.78, 5) is 28.7. The Hall–Kier alpha value is -2.98. The van der Waals surface area contributed by atoms with Crippen LogP contribution in [0.25, 0.3) is 11.6 Å². The fourth-order valence-electron chi connectivity index (χ4n) is 4.74. The number of aryl methyl sites for hydroxylation is 1. The van der Waals surface area contributed by atoms with Crippen molar-refractivity contribution in [2.45, 2.75) is 45.6 Å². The van der Waals surface area contributed by atoms with E-state index >= 15 is 0 Å². The molecule has 182 valence electrons. The lowest BCUT2D eigenvalue weighted by molar-refractivity contribution is -0.110. The number of sulfonamides is 1. The summed E-state index contributed by atoms with van der Waals surface area (Å²) in [6, 6.07) is 4.16. The Kier molecular flexibility index (Phi) is 6.64. The molecule has 34 heavy (non-hydrogen) atoms. The number of aromatic amines is 1. The van der Waals surface area contributed by atoms with Gasteiger partial charge in [-0.15, -0.1) is 0 Å². The summed E-state index contributed by atoms with van der Waals surface area (Å²) >= 11 is 0. The molecule has 2 heterocycles. The zero-order valence-corrected chi connectivity index (χ0v) is 20.2. The Labute approximate surface area is 198 Å². The van der Waals surface area contributed by atoms with Crippen LogP contribution in [0.3, 0.4) is 0 Å². The van der Waals surface area contributed by atoms with Crippen molar-refractivity contribution in [2.75, 3.05) is 18.1 Å². The fraction of sp³-hybridized carbons (Fsp3) is 0.417. The molecule has 0 atom stereocenters. The van der Waals surface area contributed by atoms with Crippen LogP contribution in [0, 0.1) is 25.6 Å². The van der Waals surface area contributed by atoms with Crippen molar-refractivity contribution in [1.29, 1.82) is 0 Å². The first-order valence-electron chi connectivity index (χ1n) is 11.3. The molecule has 0 spiro atoms. The topological polar surface area (TPSA) is 120 Å². The van der Waals surface area contributed by atoms with Crippen molar-refractivity contribution in [2.24, 2.45) is 5.92 Å². The third-order valence-corrected chi connectivity index (χ3v) is 7.26. The quantitative estimate of drug-likeness (QED) is 0.467. The predicted molar refractivity (Wildman–Crippen MR) is 129 cm³/mol. The molecule has 1 aliphatic carbocycles. The van der Waals surface area contributed by atoms with E-state index in [9.17, 15) is 22.4 Å². The second kappa shape index (κ2) is 9.34. The minimum Gasteiger partial charge on any atom is -0.358 e. The first-order valence-corrected chi connectivity index (χ1v) is 13.2. The summed E-state index contributed by atoms with van der Waals surface area (Å²) in [6.45, 7) is 4.05. The molecule has 0 saturated heterocycles. The third-order valence-electron chi connectivity index (χ3n) is 6.57. The molecule has 4 rings (SSSR count). The van der Waals surface area contributed by atoms with E-state index < -0.39 is 15.8 Å². The molecule has 0 bridgehead atoms. The molecule has 4 N–H and O–H groups in total. The van der Waals surface area contributed by atoms with Crippen LogP contribution in [0.15, 0.2) is 18.2 Å². The summed E-state index contributed by atoms with van der Waals surface area (Å²) in [7, 11) is -3.20. The van der Waals surface area contributed by atoms with E-state index in [0.717, 1.165) is 31.9 Å². The molecule has 1 saturated carbocycles. The lowest BCUT2D eigenvalue weighted by Gasteiger charge is -2.29. The molecule has 2 amide bonds. The van der Waals surface area contributed by atoms with Crippen LogP contribution in [0.4, 0.5) is 10.1 Å². The SMILES string of the molecule is Cc1[nH]c(/C=C2\C(=O)Nc3ccc(F)cc32)c(C)c1C(=O)NC1CCC(CNS(C)(=O)=O)CC1. The van der Waals surface area contributed by atoms with Crippen LogP contribution in [0.1, 0.15) is 58.6 Å². The highest BCUT2D eigenvalue weighted by Crippen LogP contribution is 2.34. The van der Waals surface area contributed by atoms with Crippen LogP contribution < -0.4 is 15.4 Å². The van der Waals surface area contributed by atoms with Gasteiger partial charge in [0.05, 0.1) is 17.4 Å². The molecule has 1 aromatic carbocycles. The van der Waals surface area contributed by atoms with Crippen LogP contribution in [0.2, 0.25) is 0 Å². The predicted octanol–water partition coefficient (Wildman–Crippen LogP) is 3.10. The summed E-state index contributed by atoms with van der Waals surface area (Å²) in [5, 5.41) is 5.83. The summed E-state index contributed by atoms with van der Waals surface area (Å²) < 4.78 is 38.9. The van der Waals surface area contributed by atoms with Crippen molar-refractivity contribution in [3.05, 3.63) is 52.1 Å². The van der Waals surface area contributed by atoms with Gasteiger partial charge in [-0.3, -0.25) is 9.59 Å². The average molecular weight is 489 g/mol. The summed E-state index contributed by atoms with van der Waals surface area (Å²) in [6.07, 6.45) is 6.04. The van der Waals surface area contributed by atoms with Gasteiger partial charge in [0.2, 0.25) is 10.0 Å². The highest BCUT2D eigenvalue weighted by atomic mass is 32.2. The van der Waals surface area contributed by atoms with E-state index in [0.29, 0.717) is 45.9 Å². The second-order valence-electron chi connectivity index (χ2n) is 9.18. The van der Waals surface area contributed by atoms with Gasteiger partial charge in [-0.05, 0) is 75.3 Å². The van der Waals surface area contributed by atoms with Gasteiger partial charge in [0.1, 0.15) is 5.82 Å². The number of carbonyl (C=O) groups excluding carboxylic acids is 2. The largest absolute Gasteiger partial charge is 0.358 e. The molecule has 8 nitrogen and oxygen atoms in total. The maximum absolute atomic E-state index is 13.7. The van der Waals surface area contributed by atoms with E-state index in [2.05, 4.69) is 20.3 Å². The molecule has 1 fully saturated rings. The van der Waals surface area contributed by atoms with Gasteiger partial charge in [0.15, 0.2) is 0 Å². The summed E-state index contributed by atoms with van der Waals surface area (Å²) in [5.41, 5.74) is 3.94. The minimum atomic E-state index is -3.20. The van der Waals surface area contributed by atoms with Crippen LogP contribution in [0.5, 0.6) is 0 Å². The van der Waals surface area contributed by atoms with Gasteiger partial charge in [-0.1, -0.05) is 0 Å². The van der Waals surface area contributed by atoms with Crippen molar-refractivity contribution in [3.63, 3.8) is 0 Å². The van der Waals surface area contributed by atoms with Crippen LogP contribution in [-0.4, -0.2) is 44.1 Å². The number of nitrogens with one attached hydrogen (secondary N) is 4. The van der Waals surface area contributed by atoms with E-state index in [1.54, 1.807) is 13.0 Å². The Morgan fingerprint density at radius 1 is 1.21 bits per heavy atom. The monoisotopic (exact) mass is 488 g/mol. The van der Waals surface area contributed by atoms with Crippen molar-refractivity contribution in [1.82, 2.24) is 15.0 Å². The molecule has 2 aliphatic rings. The molecular weight excluding hydrogens is 459 g/mol. The number of H-pyrrole nitrogens is 1. The standard InChI is InChI=1S/C24H29FN4O4S/c1-13-21(11-19-18-10-16(25)6-9-20(18)29-23(19)30)27-14(2)22(13)24(31)28-17-7-4-15(5-8-17)12-26-34(3,32)33/h6,9-11,15,17,26-27H,4-5,7-8,12H2,1-3H3,(H,28,31)(H,29,30)/b19-11-. The number of rotatable bonds is 6. The Balaban J connectivity index is 1.45. The minimum absolute atomic E-state index is 0.0213. The molecular formula is C24H29FN4O4S. The van der Waals surface area contributed by atoms with Crippen molar-refractivity contribution >= 4 is 39.2 Å². The maximum atomic E-state index is 13.7. The zero-order chi connectivity index (χ0) is 24.6. The smallest absolute Gasteiger partial charge is 0.256 e. The number of fused-ring (bicyclic) bond motifs is 1. The third kappa shape index (κ3) is 5.23. The first-order chi connectivity index (χ1) is 16.0. The van der Waals surface area contributed by atoms with Gasteiger partial charge < -0.3 is 15.6 Å². The van der Waals surface area contributed by atoms with Gasteiger partial charge in [-0.25, -0.2) is 17.5 Å². The molecule has 0 radical (unpaired) electrons. The second-order valence-corrected chi connectivity index (χ2v) is 11.0. The summed E-state index contributed by atoms with van der Waals surface area (Å²) in [5.74, 6) is -0.666. The highest BCUT2D eigenvalue weighted by Gasteiger charge is 2.28. The Morgan fingerprint density at radius 3 is 2.59 bits per heavy atom. The molecule has 0 unspecified atom stereocenters. The van der Waals surface area contributed by atoms with Gasteiger partial charge in [0, 0.05) is 35.2 Å². The first kappa shape index (κ1) is 24.2. The number of halogens is 1. The number of amides is 2. The Bertz CT molecular complexity index is 1270. The van der Waals surface area contributed by atoms with E-state index in [1.807, 2.05) is 6.92 Å². The molecule has 10 heteroatoms. The number of aromatic nitrogens is 1. The maximum Gasteiger partial charge on any atom is 0.256 e. The number of hydrogen-bond donors (Lipinski definition) is 4. The van der Waals surface area contributed by atoms with Gasteiger partial charge >= 0.3 is 0 Å². The van der Waals surface area contributed by atoms with Gasteiger partial charge in [0.25, 0.3) is 11.8 Å². The molecule has 1 aromatic heterocycles. The number of anilines is 1. The average Bonchev–Trinajstić information content (AvgIpc) is 3.22. The molecule has 2 aromatic rings. The van der Waals surface area contributed by atoms with Crippen molar-refractivity contribution in [3.8, 4) is 0 Å². The lowest BCUT2D eigenvalue weighted by atomic mass is 9.86. The van der Waals surface area contributed by atoms with Crippen LogP contribution in [-0.2, 0) is 14.8 Å². The number of benzene rings is 1. The highest BCUT2D eigenvalue weighted by molar-refractivity contribution is 7.88. The normalized spacial score (nSPS) is 21.4. The van der Waals surface area contributed by atoms with E-state index in [1.165, 1.54) is 18.2 Å². The number of carbonyl (C=O) groups is 2. The Morgan fingerprint density at radius 2 is 1.91 bits per heavy atom. The lowest BCUT2D eigenvalue weighted by Crippen LogP contribution is -2.39. The molecule has 1 aliphatic heterocycles. The van der Waals surface area contributed by atoms with Crippen LogP contribution >= 0.6 is 0 Å².